The normalized spacial score (nSPS) is 13.4. The third kappa shape index (κ3) is 9.21. The van der Waals surface area contributed by atoms with Crippen molar-refractivity contribution in [3.63, 3.8) is 0 Å². The number of benzene rings is 8. The SMILES string of the molecule is Cc1c[c-]c(C2[N-]c3ccccc3N2c2c(C(C)C)cccc2C(C)C)cc1.Cc1cnc(-c2[c-]ccc3c2oc2ccccc23)cc1-c1cc2ccc(-c3ccc(C(C)(C)C)cc3)cc2cc1C.[Ir+3]. The molecule has 1 aliphatic heterocycles. The Bertz CT molecular complexity index is 3480. The van der Waals surface area contributed by atoms with Crippen molar-refractivity contribution in [1.29, 1.82) is 0 Å². The van der Waals surface area contributed by atoms with E-state index in [4.69, 9.17) is 14.7 Å². The number of nitrogens with zero attached hydrogens (tertiary/aromatic N) is 3. The monoisotopic (exact) mass is 1090 g/mol. The van der Waals surface area contributed by atoms with E-state index in [1.165, 1.54) is 72.2 Å². The summed E-state index contributed by atoms with van der Waals surface area (Å²) in [5, 5.41) is 9.78. The molecule has 1 atom stereocenters. The van der Waals surface area contributed by atoms with Gasteiger partial charge in [-0.05, 0) is 128 Å². The molecule has 0 saturated heterocycles. The Kier molecular flexibility index (Phi) is 13.5. The molecule has 1 unspecified atom stereocenters. The summed E-state index contributed by atoms with van der Waals surface area (Å²) in [5.74, 6) is 0.869. The summed E-state index contributed by atoms with van der Waals surface area (Å²) in [7, 11) is 0. The second-order valence-corrected chi connectivity index (χ2v) is 20.4. The van der Waals surface area contributed by atoms with Gasteiger partial charge < -0.3 is 19.6 Å². The van der Waals surface area contributed by atoms with Gasteiger partial charge in [-0.3, -0.25) is 0 Å². The minimum atomic E-state index is -0.0876. The second-order valence-electron chi connectivity index (χ2n) is 20.4. The van der Waals surface area contributed by atoms with Crippen LogP contribution in [-0.4, -0.2) is 4.98 Å². The Labute approximate surface area is 428 Å². The molecule has 0 saturated carbocycles. The number of hydrogen-bond acceptors (Lipinski definition) is 3. The Morgan fingerprint density at radius 3 is 2.06 bits per heavy atom. The van der Waals surface area contributed by atoms with Gasteiger partial charge in [-0.25, -0.2) is 0 Å². The minimum absolute atomic E-state index is 0. The summed E-state index contributed by atoms with van der Waals surface area (Å²) < 4.78 is 6.29. The molecule has 0 radical (unpaired) electrons. The zero-order valence-corrected chi connectivity index (χ0v) is 44.3. The number of fused-ring (bicyclic) bond motifs is 5. The molecule has 8 aromatic carbocycles. The van der Waals surface area contributed by atoms with Crippen molar-refractivity contribution in [3.05, 3.63) is 220 Å². The van der Waals surface area contributed by atoms with Crippen molar-refractivity contribution < 1.29 is 24.5 Å². The van der Waals surface area contributed by atoms with Crippen LogP contribution in [0, 0.1) is 32.9 Å². The maximum Gasteiger partial charge on any atom is 3.00 e. The van der Waals surface area contributed by atoms with Crippen LogP contribution in [0.5, 0.6) is 0 Å². The van der Waals surface area contributed by atoms with Gasteiger partial charge >= 0.3 is 20.1 Å². The van der Waals surface area contributed by atoms with Gasteiger partial charge in [0.05, 0.1) is 5.58 Å². The van der Waals surface area contributed by atoms with Crippen molar-refractivity contribution >= 4 is 49.8 Å². The summed E-state index contributed by atoms with van der Waals surface area (Å²) in [4.78, 5) is 7.25. The summed E-state index contributed by atoms with van der Waals surface area (Å²) in [6.07, 6.45) is 1.88. The molecule has 11 rings (SSSR count). The summed E-state index contributed by atoms with van der Waals surface area (Å²) in [6.45, 7) is 22.3. The molecule has 10 aromatic rings. The first-order valence-electron chi connectivity index (χ1n) is 24.4. The van der Waals surface area contributed by atoms with Crippen LogP contribution >= 0.6 is 0 Å². The van der Waals surface area contributed by atoms with E-state index in [9.17, 15) is 0 Å². The molecule has 3 heterocycles. The number of hydrogen-bond donors (Lipinski definition) is 0. The summed E-state index contributed by atoms with van der Waals surface area (Å²) in [6, 6.07) is 63.2. The third-order valence-electron chi connectivity index (χ3n) is 13.8. The maximum absolute atomic E-state index is 6.29. The van der Waals surface area contributed by atoms with Crippen LogP contribution in [0.1, 0.15) is 105 Å². The van der Waals surface area contributed by atoms with E-state index in [-0.39, 0.29) is 31.7 Å². The van der Waals surface area contributed by atoms with Crippen LogP contribution in [0.15, 0.2) is 168 Å². The molecular weight excluding hydrogens is 1030 g/mol. The van der Waals surface area contributed by atoms with Crippen LogP contribution < -0.4 is 4.90 Å². The fraction of sp³-hybridized carbons (Fsp3) is 0.215. The number of para-hydroxylation sites is 4. The number of anilines is 2. The van der Waals surface area contributed by atoms with E-state index in [2.05, 4.69) is 220 Å². The number of aromatic nitrogens is 1. The second kappa shape index (κ2) is 19.5. The van der Waals surface area contributed by atoms with Gasteiger partial charge in [0.2, 0.25) is 0 Å². The number of pyridine rings is 1. The average molecular weight is 1090 g/mol. The molecule has 0 fully saturated rings. The molecule has 4 nitrogen and oxygen atoms in total. The van der Waals surface area contributed by atoms with Crippen LogP contribution in [-0.2, 0) is 25.5 Å². The summed E-state index contributed by atoms with van der Waals surface area (Å²) >= 11 is 0. The van der Waals surface area contributed by atoms with Gasteiger partial charge in [-0.2, -0.15) is 35.4 Å². The standard InChI is InChI=1S/C39H32NO.C26H28N2.Ir/c1-24-19-29-20-27(26-15-17-30(18-16-26)39(3,4)5)13-14-28(29)21-34(24)35-22-36(40-23-25(35)2)33-11-8-10-32-31-9-6-7-12-37(31)41-38(32)33;1-17(2)21-9-8-10-22(18(3)4)25(21)28-24-12-7-6-11-23(24)27-26(28)20-15-13-19(5)14-16-20;/h6-10,12-23H,1-5H3;6-15,17-18,26H,1-5H3;/q-1;-2;+3. The minimum Gasteiger partial charge on any atom is -0.661 e. The molecule has 0 spiro atoms. The summed E-state index contributed by atoms with van der Waals surface area (Å²) in [5.41, 5.74) is 20.8. The van der Waals surface area contributed by atoms with Crippen molar-refractivity contribution in [1.82, 2.24) is 4.98 Å². The molecular formula is C65H60IrN3O. The Balaban J connectivity index is 0.000000184. The zero-order valence-electron chi connectivity index (χ0n) is 41.9. The average Bonchev–Trinajstić information content (AvgIpc) is 3.93. The van der Waals surface area contributed by atoms with Crippen LogP contribution in [0.2, 0.25) is 0 Å². The predicted molar refractivity (Wildman–Crippen MR) is 291 cm³/mol. The Morgan fingerprint density at radius 2 is 1.34 bits per heavy atom. The zero-order chi connectivity index (χ0) is 48.1. The quantitative estimate of drug-likeness (QED) is 0.149. The van der Waals surface area contributed by atoms with Gasteiger partial charge in [0, 0.05) is 23.0 Å². The van der Waals surface area contributed by atoms with Gasteiger partial charge in [0.15, 0.2) is 0 Å². The molecule has 0 N–H and O–H groups in total. The molecule has 2 aromatic heterocycles. The molecule has 350 valence electrons. The first-order chi connectivity index (χ1) is 33.2. The van der Waals surface area contributed by atoms with Gasteiger partial charge in [0.25, 0.3) is 0 Å². The fourth-order valence-electron chi connectivity index (χ4n) is 9.89. The van der Waals surface area contributed by atoms with E-state index in [1.54, 1.807) is 0 Å². The number of furan rings is 1. The number of rotatable bonds is 7. The molecule has 1 aliphatic rings. The van der Waals surface area contributed by atoms with E-state index in [0.717, 1.165) is 50.0 Å². The fourth-order valence-corrected chi connectivity index (χ4v) is 9.89. The van der Waals surface area contributed by atoms with Crippen LogP contribution in [0.4, 0.5) is 17.1 Å². The first kappa shape index (κ1) is 48.3. The maximum atomic E-state index is 6.29. The van der Waals surface area contributed by atoms with E-state index >= 15 is 0 Å². The molecule has 5 heteroatoms. The molecule has 0 bridgehead atoms. The molecule has 70 heavy (non-hydrogen) atoms. The van der Waals surface area contributed by atoms with Crippen molar-refractivity contribution in [2.24, 2.45) is 0 Å². The smallest absolute Gasteiger partial charge is 0.661 e. The Morgan fingerprint density at radius 1 is 0.643 bits per heavy atom. The van der Waals surface area contributed by atoms with E-state index in [1.807, 2.05) is 30.5 Å². The van der Waals surface area contributed by atoms with Crippen LogP contribution in [0.25, 0.3) is 71.5 Å². The third-order valence-corrected chi connectivity index (χ3v) is 13.8. The first-order valence-corrected chi connectivity index (χ1v) is 24.4. The largest absolute Gasteiger partial charge is 3.00 e. The van der Waals surface area contributed by atoms with Gasteiger partial charge in [0.1, 0.15) is 5.58 Å². The van der Waals surface area contributed by atoms with Crippen molar-refractivity contribution in [3.8, 4) is 33.5 Å². The topological polar surface area (TPSA) is 43.4 Å². The van der Waals surface area contributed by atoms with E-state index in [0.29, 0.717) is 11.8 Å². The van der Waals surface area contributed by atoms with Crippen molar-refractivity contribution in [2.75, 3.05) is 4.90 Å². The van der Waals surface area contributed by atoms with Crippen molar-refractivity contribution in [2.45, 2.75) is 92.7 Å². The Hall–Kier alpha value is -6.78. The van der Waals surface area contributed by atoms with Gasteiger partial charge in [-0.1, -0.05) is 169 Å². The van der Waals surface area contributed by atoms with Crippen LogP contribution in [0.3, 0.4) is 0 Å². The predicted octanol–water partition coefficient (Wildman–Crippen LogP) is 18.7. The molecule has 0 amide bonds. The van der Waals surface area contributed by atoms with E-state index < -0.39 is 0 Å². The van der Waals surface area contributed by atoms with Gasteiger partial charge in [-0.15, -0.1) is 23.9 Å². The number of aryl methyl sites for hydroxylation is 3. The molecule has 0 aliphatic carbocycles.